The van der Waals surface area contributed by atoms with Gasteiger partial charge in [-0.25, -0.2) is 30.8 Å². The van der Waals surface area contributed by atoms with Gasteiger partial charge in [-0.15, -0.1) is 0 Å². The Kier molecular flexibility index (Phi) is 10.2. The summed E-state index contributed by atoms with van der Waals surface area (Å²) in [6.45, 7) is -0.684. The lowest BCUT2D eigenvalue weighted by atomic mass is 10.1. The molecule has 0 unspecified atom stereocenters. The van der Waals surface area contributed by atoms with Crippen molar-refractivity contribution >= 4 is 31.2 Å². The van der Waals surface area contributed by atoms with E-state index in [0.717, 1.165) is 0 Å². The Balaban J connectivity index is 2.80. The van der Waals surface area contributed by atoms with Gasteiger partial charge in [0.1, 0.15) is 4.90 Å². The number of sulfonamides is 1. The van der Waals surface area contributed by atoms with Crippen LogP contribution in [0.1, 0.15) is 25.7 Å². The Labute approximate surface area is 198 Å². The van der Waals surface area contributed by atoms with Crippen LogP contribution in [0.3, 0.4) is 0 Å². The summed E-state index contributed by atoms with van der Waals surface area (Å²) in [7, 11) is -9.33. The molecule has 0 fully saturated rings. The molecule has 0 radical (unpaired) electrons. The van der Waals surface area contributed by atoms with Crippen molar-refractivity contribution < 1.29 is 35.8 Å². The van der Waals surface area contributed by atoms with Crippen molar-refractivity contribution in [2.24, 2.45) is 5.14 Å². The molecule has 0 aliphatic heterocycles. The predicted molar refractivity (Wildman–Crippen MR) is 126 cm³/mol. The summed E-state index contributed by atoms with van der Waals surface area (Å²) < 4.78 is 81.3. The lowest BCUT2D eigenvalue weighted by Crippen LogP contribution is -2.26. The molecule has 0 saturated carbocycles. The Morgan fingerprint density at radius 3 is 2.21 bits per heavy atom. The van der Waals surface area contributed by atoms with E-state index in [1.165, 1.54) is 0 Å². The highest BCUT2D eigenvalue weighted by atomic mass is 32.2. The summed E-state index contributed by atoms with van der Waals surface area (Å²) in [6, 6.07) is -0.663. The summed E-state index contributed by atoms with van der Waals surface area (Å²) in [4.78, 5) is -2.26. The van der Waals surface area contributed by atoms with E-state index in [2.05, 4.69) is 10.6 Å². The van der Waals surface area contributed by atoms with E-state index in [1.807, 2.05) is 0 Å². The third kappa shape index (κ3) is 7.09. The van der Waals surface area contributed by atoms with Gasteiger partial charge in [-0.05, 0) is 25.7 Å². The van der Waals surface area contributed by atoms with Crippen LogP contribution in [0.4, 0.5) is 20.2 Å². The Hall–Kier alpha value is -2.32. The van der Waals surface area contributed by atoms with E-state index in [4.69, 9.17) is 15.4 Å². The molecule has 190 valence electrons. The normalized spacial score (nSPS) is 19.1. The van der Waals surface area contributed by atoms with E-state index < -0.39 is 71.1 Å². The number of rotatable bonds is 12. The molecule has 0 heterocycles. The second-order valence-corrected chi connectivity index (χ2v) is 11.1. The third-order valence-corrected chi connectivity index (χ3v) is 7.66. The van der Waals surface area contributed by atoms with Gasteiger partial charge in [-0.1, -0.05) is 36.5 Å². The molecule has 1 aromatic carbocycles. The fraction of sp³-hybridized carbons (Fsp3) is 0.429. The van der Waals surface area contributed by atoms with Crippen molar-refractivity contribution in [3.05, 3.63) is 48.1 Å². The molecule has 2 rings (SSSR count). The molecule has 0 saturated heterocycles. The van der Waals surface area contributed by atoms with Crippen molar-refractivity contribution in [2.75, 3.05) is 36.1 Å². The minimum absolute atomic E-state index is 0.0357. The van der Waals surface area contributed by atoms with Crippen LogP contribution in [-0.4, -0.2) is 58.6 Å². The molecule has 0 aromatic heterocycles. The molecule has 1 aliphatic carbocycles. The van der Waals surface area contributed by atoms with Gasteiger partial charge < -0.3 is 20.8 Å². The monoisotopic (exact) mass is 521 g/mol. The largest absolute Gasteiger partial charge is 0.396 e. The summed E-state index contributed by atoms with van der Waals surface area (Å²) in [6.07, 6.45) is 10.8. The van der Waals surface area contributed by atoms with Gasteiger partial charge in [0.25, 0.3) is 0 Å². The Morgan fingerprint density at radius 1 is 0.912 bits per heavy atom. The van der Waals surface area contributed by atoms with Crippen molar-refractivity contribution in [2.45, 2.75) is 41.5 Å². The number of nitrogens with two attached hydrogens (primary N) is 1. The SMILES string of the molecule is NS(=O)(=O)c1c(F)c(NCCCCO)c(S(=O)(=O)CCCO)c(N[C@@H]2/C=C/C=C/C=C\C2)c1F. The van der Waals surface area contributed by atoms with E-state index in [0.29, 0.717) is 12.8 Å². The molecule has 1 aromatic rings. The zero-order valence-electron chi connectivity index (χ0n) is 18.4. The fourth-order valence-electron chi connectivity index (χ4n) is 3.30. The number of nitrogens with one attached hydrogen (secondary N) is 2. The van der Waals surface area contributed by atoms with Gasteiger partial charge in [0.2, 0.25) is 10.0 Å². The maximum Gasteiger partial charge on any atom is 0.244 e. The summed E-state index contributed by atoms with van der Waals surface area (Å²) in [5, 5.41) is 28.4. The zero-order valence-corrected chi connectivity index (χ0v) is 20.0. The van der Waals surface area contributed by atoms with Gasteiger partial charge in [0, 0.05) is 25.8 Å². The molecule has 13 heteroatoms. The second kappa shape index (κ2) is 12.4. The highest BCUT2D eigenvalue weighted by Gasteiger charge is 2.36. The molecular formula is C21H29F2N3O6S2. The van der Waals surface area contributed by atoms with Crippen molar-refractivity contribution in [1.82, 2.24) is 0 Å². The van der Waals surface area contributed by atoms with Crippen LogP contribution in [0.2, 0.25) is 0 Å². The highest BCUT2D eigenvalue weighted by molar-refractivity contribution is 7.91. The standard InChI is InChI=1S/C21H29F2N3O6S2/c22-16-18(25-11-6-7-12-27)21(33(29,30)14-8-13-28)19(17(23)20(16)34(24,31)32)26-15-9-4-2-1-3-5-10-15/h1-5,9,15,25-28H,6-8,10-14H2,(H2,24,31,32)/b2-1+,5-3-,9-4+/t15-/m1/s1. The number of aliphatic hydroxyl groups is 2. The summed E-state index contributed by atoms with van der Waals surface area (Å²) in [5.74, 6) is -3.95. The first-order valence-corrected chi connectivity index (χ1v) is 13.8. The average molecular weight is 522 g/mol. The van der Waals surface area contributed by atoms with Crippen LogP contribution < -0.4 is 15.8 Å². The Bertz CT molecular complexity index is 1170. The van der Waals surface area contributed by atoms with E-state index in [-0.39, 0.29) is 26.0 Å². The number of unbranched alkanes of at least 4 members (excludes halogenated alkanes) is 1. The van der Waals surface area contributed by atoms with Crippen LogP contribution in [0.5, 0.6) is 0 Å². The van der Waals surface area contributed by atoms with Crippen molar-refractivity contribution in [3.8, 4) is 0 Å². The van der Waals surface area contributed by atoms with Gasteiger partial charge in [0.15, 0.2) is 26.4 Å². The number of halogens is 2. The summed E-state index contributed by atoms with van der Waals surface area (Å²) >= 11 is 0. The minimum atomic E-state index is -4.93. The molecule has 0 bridgehead atoms. The van der Waals surface area contributed by atoms with Crippen LogP contribution in [-0.2, 0) is 19.9 Å². The third-order valence-electron chi connectivity index (χ3n) is 4.88. The Morgan fingerprint density at radius 2 is 1.56 bits per heavy atom. The molecule has 9 nitrogen and oxygen atoms in total. The predicted octanol–water partition coefficient (Wildman–Crippen LogP) is 1.81. The summed E-state index contributed by atoms with van der Waals surface area (Å²) in [5.41, 5.74) is -1.48. The van der Waals surface area contributed by atoms with Crippen LogP contribution in [0.25, 0.3) is 0 Å². The van der Waals surface area contributed by atoms with Gasteiger partial charge in [-0.2, -0.15) is 0 Å². The number of anilines is 2. The maximum atomic E-state index is 15.5. The average Bonchev–Trinajstić information content (AvgIpc) is 2.73. The molecule has 0 amide bonds. The molecule has 1 atom stereocenters. The second-order valence-electron chi connectivity index (χ2n) is 7.52. The van der Waals surface area contributed by atoms with Gasteiger partial charge in [0.05, 0.1) is 17.1 Å². The molecule has 1 aliphatic rings. The minimum Gasteiger partial charge on any atom is -0.396 e. The topological polar surface area (TPSA) is 159 Å². The molecule has 6 N–H and O–H groups in total. The zero-order chi connectivity index (χ0) is 25.4. The van der Waals surface area contributed by atoms with Crippen LogP contribution >= 0.6 is 0 Å². The number of sulfone groups is 1. The highest BCUT2D eigenvalue weighted by Crippen LogP contribution is 2.40. The van der Waals surface area contributed by atoms with E-state index >= 15 is 8.78 Å². The van der Waals surface area contributed by atoms with Gasteiger partial charge in [-0.3, -0.25) is 0 Å². The first-order chi connectivity index (χ1) is 16.0. The fourth-order valence-corrected chi connectivity index (χ4v) is 5.65. The first kappa shape index (κ1) is 27.9. The number of allylic oxidation sites excluding steroid dienone is 4. The van der Waals surface area contributed by atoms with Crippen molar-refractivity contribution in [3.63, 3.8) is 0 Å². The van der Waals surface area contributed by atoms with E-state index in [1.54, 1.807) is 36.5 Å². The smallest absolute Gasteiger partial charge is 0.244 e. The van der Waals surface area contributed by atoms with E-state index in [9.17, 15) is 16.8 Å². The molecular weight excluding hydrogens is 492 g/mol. The maximum absolute atomic E-state index is 15.5. The molecule has 34 heavy (non-hydrogen) atoms. The lowest BCUT2D eigenvalue weighted by Gasteiger charge is -2.24. The quantitative estimate of drug-likeness (QED) is 0.261. The number of benzene rings is 1. The molecule has 0 spiro atoms. The first-order valence-electron chi connectivity index (χ1n) is 10.6. The van der Waals surface area contributed by atoms with Crippen LogP contribution in [0, 0.1) is 11.6 Å². The van der Waals surface area contributed by atoms with Crippen LogP contribution in [0.15, 0.2) is 46.2 Å². The number of aliphatic hydroxyl groups excluding tert-OH is 2. The lowest BCUT2D eigenvalue weighted by molar-refractivity contribution is 0.286. The number of primary sulfonamides is 1. The number of hydrogen-bond acceptors (Lipinski definition) is 8. The number of hydrogen-bond donors (Lipinski definition) is 5. The van der Waals surface area contributed by atoms with Gasteiger partial charge >= 0.3 is 0 Å². The van der Waals surface area contributed by atoms with Crippen molar-refractivity contribution in [1.29, 1.82) is 0 Å².